The highest BCUT2D eigenvalue weighted by atomic mass is 16.6. The average Bonchev–Trinajstić information content (AvgIpc) is 3.09. The van der Waals surface area contributed by atoms with Gasteiger partial charge in [0.15, 0.2) is 11.5 Å². The zero-order chi connectivity index (χ0) is 22.2. The van der Waals surface area contributed by atoms with Gasteiger partial charge in [0, 0.05) is 37.4 Å². The zero-order valence-electron chi connectivity index (χ0n) is 19.6. The Morgan fingerprint density at radius 1 is 1.06 bits per heavy atom. The molecule has 2 heterocycles. The predicted molar refractivity (Wildman–Crippen MR) is 124 cm³/mol. The molecule has 1 aromatic carbocycles. The van der Waals surface area contributed by atoms with Crippen LogP contribution < -0.4 is 9.47 Å². The Bertz CT molecular complexity index is 697. The monoisotopic (exact) mass is 431 g/mol. The molecule has 0 radical (unpaired) electrons. The molecule has 0 amide bonds. The summed E-state index contributed by atoms with van der Waals surface area (Å²) in [4.78, 5) is 15.3. The molecule has 0 spiro atoms. The summed E-state index contributed by atoms with van der Waals surface area (Å²) in [5, 5.41) is 11.3. The number of likely N-dealkylation sites (tertiary alicyclic amines) is 1. The van der Waals surface area contributed by atoms with E-state index in [1.807, 2.05) is 18.2 Å². The number of Topliss-reactive ketones (excluding diaryl/α,β-unsaturated/α-hetero) is 1. The van der Waals surface area contributed by atoms with E-state index in [0.717, 1.165) is 30.7 Å². The Labute approximate surface area is 188 Å². The quantitative estimate of drug-likeness (QED) is 0.455. The van der Waals surface area contributed by atoms with Gasteiger partial charge in [0.05, 0.1) is 6.10 Å². The fourth-order valence-electron chi connectivity index (χ4n) is 4.99. The second kappa shape index (κ2) is 11.9. The number of benzene rings is 1. The van der Waals surface area contributed by atoms with E-state index >= 15 is 0 Å². The Hall–Kier alpha value is -1.59. The molecule has 1 saturated heterocycles. The van der Waals surface area contributed by atoms with Crippen molar-refractivity contribution in [2.24, 2.45) is 5.92 Å². The van der Waals surface area contributed by atoms with Gasteiger partial charge in [0.25, 0.3) is 0 Å². The molecule has 2 aliphatic heterocycles. The number of aliphatic hydroxyl groups excluding tert-OH is 1. The number of nitrogens with zero attached hydrogens (tertiary/aromatic N) is 1. The van der Waals surface area contributed by atoms with Crippen LogP contribution in [0.2, 0.25) is 0 Å². The maximum Gasteiger partial charge on any atom is 0.161 e. The van der Waals surface area contributed by atoms with Crippen LogP contribution in [0.3, 0.4) is 0 Å². The van der Waals surface area contributed by atoms with E-state index in [4.69, 9.17) is 9.47 Å². The molecule has 3 rings (SSSR count). The molecule has 174 valence electrons. The van der Waals surface area contributed by atoms with Crippen molar-refractivity contribution in [1.82, 2.24) is 4.90 Å². The Kier molecular flexibility index (Phi) is 9.21. The van der Waals surface area contributed by atoms with Gasteiger partial charge in [-0.25, -0.2) is 0 Å². The number of fused-ring (bicyclic) bond motifs is 1. The maximum atomic E-state index is 12.8. The summed E-state index contributed by atoms with van der Waals surface area (Å²) in [6.07, 6.45) is 8.46. The van der Waals surface area contributed by atoms with Crippen LogP contribution in [-0.2, 0) is 4.79 Å². The van der Waals surface area contributed by atoms with Crippen LogP contribution in [0.4, 0.5) is 0 Å². The van der Waals surface area contributed by atoms with Crippen molar-refractivity contribution in [2.45, 2.75) is 96.7 Å². The first-order chi connectivity index (χ1) is 15.0. The molecule has 0 bridgehead atoms. The smallest absolute Gasteiger partial charge is 0.161 e. The second-order valence-electron chi connectivity index (χ2n) is 9.49. The minimum Gasteiger partial charge on any atom is -0.486 e. The van der Waals surface area contributed by atoms with Crippen LogP contribution >= 0.6 is 0 Å². The van der Waals surface area contributed by atoms with Gasteiger partial charge >= 0.3 is 0 Å². The van der Waals surface area contributed by atoms with E-state index in [1.54, 1.807) is 0 Å². The van der Waals surface area contributed by atoms with Gasteiger partial charge in [0.1, 0.15) is 19.0 Å². The molecular formula is C26H41NO4. The topological polar surface area (TPSA) is 59.0 Å². The van der Waals surface area contributed by atoms with Gasteiger partial charge in [-0.15, -0.1) is 0 Å². The van der Waals surface area contributed by atoms with E-state index < -0.39 is 6.10 Å². The number of ketones is 1. The summed E-state index contributed by atoms with van der Waals surface area (Å²) in [5.74, 6) is 1.57. The lowest BCUT2D eigenvalue weighted by atomic mass is 9.88. The lowest BCUT2D eigenvalue weighted by Crippen LogP contribution is -2.39. The first-order valence-corrected chi connectivity index (χ1v) is 12.3. The van der Waals surface area contributed by atoms with Gasteiger partial charge in [-0.3, -0.25) is 9.69 Å². The molecule has 2 aliphatic rings. The maximum absolute atomic E-state index is 12.8. The number of aliphatic hydroxyl groups is 1. The summed E-state index contributed by atoms with van der Waals surface area (Å²) >= 11 is 0. The summed E-state index contributed by atoms with van der Waals surface area (Å²) in [7, 11) is 0. The zero-order valence-corrected chi connectivity index (χ0v) is 19.6. The highest BCUT2D eigenvalue weighted by Gasteiger charge is 2.33. The minimum absolute atomic E-state index is 0.117. The Balaban J connectivity index is 1.68. The van der Waals surface area contributed by atoms with Gasteiger partial charge in [0.2, 0.25) is 0 Å². The normalized spacial score (nSPS) is 23.0. The molecule has 0 unspecified atom stereocenters. The van der Waals surface area contributed by atoms with Crippen molar-refractivity contribution in [3.05, 3.63) is 23.8 Å². The lowest BCUT2D eigenvalue weighted by molar-refractivity contribution is -0.121. The number of unbranched alkanes of at least 4 members (excludes halogenated alkanes) is 4. The van der Waals surface area contributed by atoms with Crippen LogP contribution in [0.1, 0.15) is 90.2 Å². The molecule has 1 N–H and O–H groups in total. The molecule has 0 aromatic heterocycles. The van der Waals surface area contributed by atoms with E-state index in [9.17, 15) is 9.90 Å². The number of rotatable bonds is 12. The summed E-state index contributed by atoms with van der Waals surface area (Å²) in [6.45, 7) is 8.54. The van der Waals surface area contributed by atoms with Crippen LogP contribution in [-0.4, -0.2) is 47.6 Å². The van der Waals surface area contributed by atoms with Crippen LogP contribution in [0.15, 0.2) is 18.2 Å². The van der Waals surface area contributed by atoms with E-state index in [2.05, 4.69) is 25.7 Å². The van der Waals surface area contributed by atoms with Crippen LogP contribution in [0, 0.1) is 5.92 Å². The lowest BCUT2D eigenvalue weighted by Gasteiger charge is -2.33. The summed E-state index contributed by atoms with van der Waals surface area (Å²) in [6, 6.07) is 6.67. The van der Waals surface area contributed by atoms with Gasteiger partial charge in [-0.2, -0.15) is 0 Å². The van der Waals surface area contributed by atoms with Crippen molar-refractivity contribution >= 4 is 5.78 Å². The largest absolute Gasteiger partial charge is 0.486 e. The van der Waals surface area contributed by atoms with Gasteiger partial charge < -0.3 is 14.6 Å². The van der Waals surface area contributed by atoms with E-state index in [1.165, 1.54) is 32.1 Å². The molecule has 4 atom stereocenters. The van der Waals surface area contributed by atoms with Crippen LogP contribution in [0.25, 0.3) is 0 Å². The van der Waals surface area contributed by atoms with E-state index in [0.29, 0.717) is 43.9 Å². The molecular weight excluding hydrogens is 390 g/mol. The molecule has 1 aromatic rings. The van der Waals surface area contributed by atoms with Gasteiger partial charge in [-0.1, -0.05) is 38.7 Å². The molecule has 5 nitrogen and oxygen atoms in total. The number of hydrogen-bond acceptors (Lipinski definition) is 5. The van der Waals surface area contributed by atoms with Crippen molar-refractivity contribution in [3.8, 4) is 11.5 Å². The fraction of sp³-hybridized carbons (Fsp3) is 0.731. The minimum atomic E-state index is -0.695. The molecule has 31 heavy (non-hydrogen) atoms. The Morgan fingerprint density at radius 2 is 1.74 bits per heavy atom. The SMILES string of the molecule is CCCCCCCC(=O)C[C@H](CN1[C@H](C)CC[C@@H]1C)[C@H](O)c1ccc2c(c1)OCCO2. The van der Waals surface area contributed by atoms with Gasteiger partial charge in [-0.05, 0) is 50.8 Å². The standard InChI is InChI=1S/C26H41NO4/c1-4-5-6-7-8-9-23(28)16-22(18-27-19(2)10-11-20(27)3)26(29)21-12-13-24-25(17-21)31-15-14-30-24/h12-13,17,19-20,22,26,29H,4-11,14-16,18H2,1-3H3/t19-,20+,22-,26-/m1/s1. The number of ether oxygens (including phenoxy) is 2. The summed E-state index contributed by atoms with van der Waals surface area (Å²) in [5.41, 5.74) is 0.810. The highest BCUT2D eigenvalue weighted by Crippen LogP contribution is 2.36. The molecule has 0 saturated carbocycles. The second-order valence-corrected chi connectivity index (χ2v) is 9.49. The first-order valence-electron chi connectivity index (χ1n) is 12.3. The third kappa shape index (κ3) is 6.69. The van der Waals surface area contributed by atoms with Crippen molar-refractivity contribution in [3.63, 3.8) is 0 Å². The molecule has 1 fully saturated rings. The van der Waals surface area contributed by atoms with Crippen molar-refractivity contribution < 1.29 is 19.4 Å². The van der Waals surface area contributed by atoms with Crippen molar-refractivity contribution in [1.29, 1.82) is 0 Å². The van der Waals surface area contributed by atoms with E-state index in [-0.39, 0.29) is 11.7 Å². The van der Waals surface area contributed by atoms with Crippen molar-refractivity contribution in [2.75, 3.05) is 19.8 Å². The third-order valence-electron chi connectivity index (χ3n) is 6.98. The molecule has 0 aliphatic carbocycles. The number of carbonyl (C=O) groups excluding carboxylic acids is 1. The first kappa shape index (κ1) is 24.1. The van der Waals surface area contributed by atoms with Crippen LogP contribution in [0.5, 0.6) is 11.5 Å². The fourth-order valence-corrected chi connectivity index (χ4v) is 4.99. The third-order valence-corrected chi connectivity index (χ3v) is 6.98. The Morgan fingerprint density at radius 3 is 2.45 bits per heavy atom. The average molecular weight is 432 g/mol. The summed E-state index contributed by atoms with van der Waals surface area (Å²) < 4.78 is 11.3. The predicted octanol–water partition coefficient (Wildman–Crippen LogP) is 5.30. The highest BCUT2D eigenvalue weighted by molar-refractivity contribution is 5.78. The number of hydrogen-bond donors (Lipinski definition) is 1. The molecule has 5 heteroatoms. The number of carbonyl (C=O) groups is 1.